The summed E-state index contributed by atoms with van der Waals surface area (Å²) in [4.78, 5) is 0. The fraction of sp³-hybridized carbons (Fsp3) is 0.250. The highest BCUT2D eigenvalue weighted by Gasteiger charge is 2.10. The van der Waals surface area contributed by atoms with E-state index in [1.807, 2.05) is 0 Å². The van der Waals surface area contributed by atoms with Crippen LogP contribution < -0.4 is 11.5 Å². The molecule has 0 saturated heterocycles. The summed E-state index contributed by atoms with van der Waals surface area (Å²) in [5.74, 6) is 0. The molecule has 4 aromatic carbocycles. The van der Waals surface area contributed by atoms with Crippen molar-refractivity contribution in [3.63, 3.8) is 0 Å². The van der Waals surface area contributed by atoms with Gasteiger partial charge in [-0.2, -0.15) is 0 Å². The first kappa shape index (κ1) is 23.9. The van der Waals surface area contributed by atoms with E-state index in [2.05, 4.69) is 98.8 Å². The smallest absolute Gasteiger partial charge is 0.00741 e. The van der Waals surface area contributed by atoms with Gasteiger partial charge in [-0.1, -0.05) is 72.8 Å². The minimum atomic E-state index is 0.727. The highest BCUT2D eigenvalue weighted by molar-refractivity contribution is 5.81. The van der Waals surface area contributed by atoms with Crippen LogP contribution in [0.2, 0.25) is 0 Å². The van der Waals surface area contributed by atoms with Crippen LogP contribution in [-0.2, 0) is 12.8 Å². The van der Waals surface area contributed by atoms with Crippen LogP contribution in [0.1, 0.15) is 35.1 Å². The number of aryl methyl sites for hydroxylation is 4. The molecule has 0 fully saturated rings. The summed E-state index contributed by atoms with van der Waals surface area (Å²) in [5.41, 5.74) is 24.3. The Labute approximate surface area is 204 Å². The van der Waals surface area contributed by atoms with E-state index in [-0.39, 0.29) is 0 Å². The fourth-order valence-electron chi connectivity index (χ4n) is 4.61. The lowest BCUT2D eigenvalue weighted by atomic mass is 9.90. The van der Waals surface area contributed by atoms with Crippen molar-refractivity contribution < 1.29 is 0 Å². The lowest BCUT2D eigenvalue weighted by molar-refractivity contribution is 0.833. The van der Waals surface area contributed by atoms with Crippen molar-refractivity contribution in [2.45, 2.75) is 39.5 Å². The Balaban J connectivity index is 1.71. The topological polar surface area (TPSA) is 52.0 Å². The van der Waals surface area contributed by atoms with Gasteiger partial charge in [0.1, 0.15) is 0 Å². The van der Waals surface area contributed by atoms with E-state index in [9.17, 15) is 0 Å². The second-order valence-corrected chi connectivity index (χ2v) is 9.24. The zero-order valence-electron chi connectivity index (χ0n) is 20.5. The number of benzene rings is 4. The highest BCUT2D eigenvalue weighted by Crippen LogP contribution is 2.34. The SMILES string of the molecule is Cc1ccc(-c2cccc(CCCN)c2)cc1-c1cc(-c2cccc(CCCN)c2)ccc1C. The molecule has 0 saturated carbocycles. The van der Waals surface area contributed by atoms with Gasteiger partial charge in [0.05, 0.1) is 0 Å². The Morgan fingerprint density at radius 1 is 0.500 bits per heavy atom. The monoisotopic (exact) mass is 448 g/mol. The first-order valence-electron chi connectivity index (χ1n) is 12.4. The van der Waals surface area contributed by atoms with Crippen LogP contribution in [0.3, 0.4) is 0 Å². The van der Waals surface area contributed by atoms with E-state index >= 15 is 0 Å². The van der Waals surface area contributed by atoms with Gasteiger partial charge in [0.15, 0.2) is 0 Å². The maximum atomic E-state index is 5.72. The van der Waals surface area contributed by atoms with E-state index < -0.39 is 0 Å². The quantitative estimate of drug-likeness (QED) is 0.287. The van der Waals surface area contributed by atoms with E-state index in [0.717, 1.165) is 38.8 Å². The van der Waals surface area contributed by atoms with E-state index in [4.69, 9.17) is 11.5 Å². The molecular formula is C32H36N2. The molecule has 0 atom stereocenters. The summed E-state index contributed by atoms with van der Waals surface area (Å²) < 4.78 is 0. The predicted molar refractivity (Wildman–Crippen MR) is 147 cm³/mol. The molecule has 34 heavy (non-hydrogen) atoms. The van der Waals surface area contributed by atoms with Gasteiger partial charge in [-0.3, -0.25) is 0 Å². The van der Waals surface area contributed by atoms with Crippen molar-refractivity contribution in [2.75, 3.05) is 13.1 Å². The number of hydrogen-bond acceptors (Lipinski definition) is 2. The van der Waals surface area contributed by atoms with Crippen molar-refractivity contribution in [1.82, 2.24) is 0 Å². The third-order valence-electron chi connectivity index (χ3n) is 6.63. The Bertz CT molecular complexity index is 1160. The minimum Gasteiger partial charge on any atom is -0.330 e. The molecule has 4 rings (SSSR count). The van der Waals surface area contributed by atoms with Gasteiger partial charge in [-0.25, -0.2) is 0 Å². The van der Waals surface area contributed by atoms with Gasteiger partial charge in [0, 0.05) is 0 Å². The standard InChI is InChI=1S/C32H36N2/c1-23-13-15-29(27-11-3-7-25(19-27)9-5-17-33)21-31(23)32-22-30(16-14-24(32)2)28-12-4-8-26(20-28)10-6-18-34/h3-4,7-8,11-16,19-22H,5-6,9-10,17-18,33-34H2,1-2H3. The normalized spacial score (nSPS) is 11.1. The van der Waals surface area contributed by atoms with Crippen molar-refractivity contribution in [3.8, 4) is 33.4 Å². The van der Waals surface area contributed by atoms with Crippen molar-refractivity contribution >= 4 is 0 Å². The molecule has 4 N–H and O–H groups in total. The Kier molecular flexibility index (Phi) is 7.95. The number of nitrogens with two attached hydrogens (primary N) is 2. The van der Waals surface area contributed by atoms with Crippen molar-refractivity contribution in [2.24, 2.45) is 11.5 Å². The van der Waals surface area contributed by atoms with Gasteiger partial charge in [-0.05, 0) is 120 Å². The summed E-state index contributed by atoms with van der Waals surface area (Å²) in [6.07, 6.45) is 4.08. The first-order chi connectivity index (χ1) is 16.6. The van der Waals surface area contributed by atoms with E-state index in [1.165, 1.54) is 55.6 Å². The molecule has 0 spiro atoms. The summed E-state index contributed by atoms with van der Waals surface area (Å²) in [7, 11) is 0. The minimum absolute atomic E-state index is 0.727. The molecular weight excluding hydrogens is 412 g/mol. The van der Waals surface area contributed by atoms with Gasteiger partial charge in [0.2, 0.25) is 0 Å². The second-order valence-electron chi connectivity index (χ2n) is 9.24. The van der Waals surface area contributed by atoms with Crippen molar-refractivity contribution in [1.29, 1.82) is 0 Å². The van der Waals surface area contributed by atoms with Gasteiger partial charge in [-0.15, -0.1) is 0 Å². The number of rotatable bonds is 9. The summed E-state index contributed by atoms with van der Waals surface area (Å²) in [5, 5.41) is 0. The highest BCUT2D eigenvalue weighted by atomic mass is 14.5. The first-order valence-corrected chi connectivity index (χ1v) is 12.4. The summed E-state index contributed by atoms with van der Waals surface area (Å²) >= 11 is 0. The molecule has 0 amide bonds. The third kappa shape index (κ3) is 5.64. The van der Waals surface area contributed by atoms with Gasteiger partial charge < -0.3 is 11.5 Å². The average molecular weight is 449 g/mol. The molecule has 2 nitrogen and oxygen atoms in total. The molecule has 2 heteroatoms. The van der Waals surface area contributed by atoms with Crippen LogP contribution in [0.15, 0.2) is 84.9 Å². The average Bonchev–Trinajstić information content (AvgIpc) is 2.87. The molecule has 0 aromatic heterocycles. The molecule has 0 aliphatic heterocycles. The Morgan fingerprint density at radius 3 is 1.32 bits per heavy atom. The van der Waals surface area contributed by atoms with Crippen LogP contribution in [0.25, 0.3) is 33.4 Å². The Morgan fingerprint density at radius 2 is 0.912 bits per heavy atom. The molecule has 0 aliphatic carbocycles. The van der Waals surface area contributed by atoms with E-state index in [1.54, 1.807) is 0 Å². The molecule has 0 heterocycles. The van der Waals surface area contributed by atoms with E-state index in [0.29, 0.717) is 0 Å². The molecule has 0 aliphatic rings. The largest absolute Gasteiger partial charge is 0.330 e. The third-order valence-corrected chi connectivity index (χ3v) is 6.63. The van der Waals surface area contributed by atoms with Crippen LogP contribution in [0.4, 0.5) is 0 Å². The van der Waals surface area contributed by atoms with Crippen LogP contribution in [0, 0.1) is 13.8 Å². The molecule has 0 bridgehead atoms. The molecule has 174 valence electrons. The van der Waals surface area contributed by atoms with Crippen LogP contribution in [0.5, 0.6) is 0 Å². The molecule has 4 aromatic rings. The van der Waals surface area contributed by atoms with Gasteiger partial charge >= 0.3 is 0 Å². The summed E-state index contributed by atoms with van der Waals surface area (Å²) in [6.45, 7) is 5.86. The van der Waals surface area contributed by atoms with Crippen LogP contribution in [-0.4, -0.2) is 13.1 Å². The lowest BCUT2D eigenvalue weighted by Crippen LogP contribution is -2.00. The maximum absolute atomic E-state index is 5.72. The van der Waals surface area contributed by atoms with Crippen molar-refractivity contribution in [3.05, 3.63) is 107 Å². The zero-order valence-corrected chi connectivity index (χ0v) is 20.5. The predicted octanol–water partition coefficient (Wildman–Crippen LogP) is 7.09. The Hall–Kier alpha value is -3.20. The fourth-order valence-corrected chi connectivity index (χ4v) is 4.61. The maximum Gasteiger partial charge on any atom is -0.00741 e. The second kappa shape index (κ2) is 11.3. The molecule has 0 unspecified atom stereocenters. The summed E-state index contributed by atoms with van der Waals surface area (Å²) in [6, 6.07) is 31.4. The lowest BCUT2D eigenvalue weighted by Gasteiger charge is -2.15. The number of hydrogen-bond donors (Lipinski definition) is 2. The molecule has 0 radical (unpaired) electrons. The van der Waals surface area contributed by atoms with Crippen LogP contribution >= 0.6 is 0 Å². The van der Waals surface area contributed by atoms with Gasteiger partial charge in [0.25, 0.3) is 0 Å². The zero-order chi connectivity index (χ0) is 23.9.